The summed E-state index contributed by atoms with van der Waals surface area (Å²) in [5.74, 6) is 0.668. The Bertz CT molecular complexity index is 699. The number of nitrogens with zero attached hydrogens (tertiary/aromatic N) is 4. The molecule has 0 radical (unpaired) electrons. The van der Waals surface area contributed by atoms with Crippen LogP contribution in [0.4, 0.5) is 0 Å². The molecular weight excluding hydrogens is 318 g/mol. The second-order valence-corrected chi connectivity index (χ2v) is 6.87. The van der Waals surface area contributed by atoms with Crippen molar-refractivity contribution in [2.45, 2.75) is 39.0 Å². The summed E-state index contributed by atoms with van der Waals surface area (Å²) in [6.45, 7) is 8.70. The highest BCUT2D eigenvalue weighted by Gasteiger charge is 2.26. The van der Waals surface area contributed by atoms with Crippen LogP contribution in [0.2, 0.25) is 0 Å². The Balaban J connectivity index is 1.64. The first-order valence-corrected chi connectivity index (χ1v) is 8.78. The maximum Gasteiger partial charge on any atom is 0.256 e. The molecule has 7 heteroatoms. The van der Waals surface area contributed by atoms with E-state index in [1.807, 2.05) is 36.1 Å². The quantitative estimate of drug-likeness (QED) is 0.891. The first kappa shape index (κ1) is 17.7. The molecule has 1 aliphatic rings. The molecule has 7 nitrogen and oxygen atoms in total. The van der Waals surface area contributed by atoms with Gasteiger partial charge in [0.1, 0.15) is 11.4 Å². The van der Waals surface area contributed by atoms with Gasteiger partial charge in [0.2, 0.25) is 0 Å². The molecule has 1 amide bonds. The summed E-state index contributed by atoms with van der Waals surface area (Å²) in [5.41, 5.74) is 0.578. The van der Waals surface area contributed by atoms with Crippen LogP contribution in [0, 0.1) is 0 Å². The van der Waals surface area contributed by atoms with Crippen molar-refractivity contribution in [1.29, 1.82) is 0 Å². The normalized spacial score (nSPS) is 22.7. The molecule has 25 heavy (non-hydrogen) atoms. The molecule has 1 aliphatic heterocycles. The third kappa shape index (κ3) is 3.93. The van der Waals surface area contributed by atoms with Gasteiger partial charge in [-0.05, 0) is 32.9 Å². The number of ether oxygens (including phenoxy) is 1. The molecular formula is C18H27N5O2. The number of rotatable bonds is 5. The molecule has 136 valence electrons. The molecule has 2 aromatic rings. The highest BCUT2D eigenvalue weighted by atomic mass is 16.5. The second-order valence-electron chi connectivity index (χ2n) is 6.87. The van der Waals surface area contributed by atoms with E-state index in [-0.39, 0.29) is 24.2 Å². The SMILES string of the molecule is CC1CN(C(C)CNC(=O)c2cnn(C)c2-n2cccc2)CC(C)O1. The fourth-order valence-corrected chi connectivity index (χ4v) is 3.42. The number of amides is 1. The number of carbonyl (C=O) groups is 1. The van der Waals surface area contributed by atoms with Crippen LogP contribution >= 0.6 is 0 Å². The van der Waals surface area contributed by atoms with Gasteiger partial charge < -0.3 is 14.6 Å². The van der Waals surface area contributed by atoms with Gasteiger partial charge in [-0.3, -0.25) is 14.4 Å². The second kappa shape index (κ2) is 7.41. The Morgan fingerprint density at radius 2 is 1.96 bits per heavy atom. The van der Waals surface area contributed by atoms with E-state index >= 15 is 0 Å². The summed E-state index contributed by atoms with van der Waals surface area (Å²) >= 11 is 0. The molecule has 3 rings (SSSR count). The molecule has 0 aliphatic carbocycles. The maximum atomic E-state index is 12.7. The summed E-state index contributed by atoms with van der Waals surface area (Å²) in [4.78, 5) is 15.0. The van der Waals surface area contributed by atoms with Crippen LogP contribution in [0.3, 0.4) is 0 Å². The Morgan fingerprint density at radius 3 is 2.60 bits per heavy atom. The standard InChI is InChI=1S/C18H27N5O2/c1-13(23-11-14(2)25-15(3)12-23)9-19-17(24)16-10-20-21(4)18(16)22-7-5-6-8-22/h5-8,10,13-15H,9,11-12H2,1-4H3,(H,19,24). The van der Waals surface area contributed by atoms with Crippen LogP contribution in [-0.4, -0.2) is 63.0 Å². The van der Waals surface area contributed by atoms with Crippen molar-refractivity contribution in [3.8, 4) is 5.82 Å². The summed E-state index contributed by atoms with van der Waals surface area (Å²) in [6, 6.07) is 4.11. The van der Waals surface area contributed by atoms with Gasteiger partial charge in [-0.2, -0.15) is 5.10 Å². The molecule has 3 unspecified atom stereocenters. The fraction of sp³-hybridized carbons (Fsp3) is 0.556. The summed E-state index contributed by atoms with van der Waals surface area (Å²) < 4.78 is 9.39. The third-order valence-electron chi connectivity index (χ3n) is 4.63. The summed E-state index contributed by atoms with van der Waals surface area (Å²) in [7, 11) is 1.84. The maximum absolute atomic E-state index is 12.7. The number of hydrogen-bond acceptors (Lipinski definition) is 4. The van der Waals surface area contributed by atoms with E-state index in [0.29, 0.717) is 12.1 Å². The van der Waals surface area contributed by atoms with Crippen LogP contribution in [0.1, 0.15) is 31.1 Å². The predicted octanol–water partition coefficient (Wildman–Crippen LogP) is 1.44. The number of aryl methyl sites for hydroxylation is 1. The van der Waals surface area contributed by atoms with Crippen molar-refractivity contribution in [3.63, 3.8) is 0 Å². The van der Waals surface area contributed by atoms with Gasteiger partial charge >= 0.3 is 0 Å². The van der Waals surface area contributed by atoms with E-state index in [9.17, 15) is 4.79 Å². The zero-order chi connectivity index (χ0) is 18.0. The smallest absolute Gasteiger partial charge is 0.256 e. The Hall–Kier alpha value is -2.12. The largest absolute Gasteiger partial charge is 0.373 e. The van der Waals surface area contributed by atoms with Crippen LogP contribution in [0.15, 0.2) is 30.7 Å². The van der Waals surface area contributed by atoms with Gasteiger partial charge in [0.15, 0.2) is 0 Å². The van der Waals surface area contributed by atoms with Gasteiger partial charge in [-0.15, -0.1) is 0 Å². The number of aromatic nitrogens is 3. The van der Waals surface area contributed by atoms with Crippen LogP contribution in [-0.2, 0) is 11.8 Å². The molecule has 0 bridgehead atoms. The topological polar surface area (TPSA) is 64.3 Å². The molecule has 2 aromatic heterocycles. The highest BCUT2D eigenvalue weighted by molar-refractivity contribution is 5.97. The molecule has 0 spiro atoms. The predicted molar refractivity (Wildman–Crippen MR) is 95.9 cm³/mol. The Labute approximate surface area is 148 Å². The monoisotopic (exact) mass is 345 g/mol. The minimum Gasteiger partial charge on any atom is -0.373 e. The summed E-state index contributed by atoms with van der Waals surface area (Å²) in [6.07, 6.45) is 5.88. The molecule has 3 atom stereocenters. The number of nitrogens with one attached hydrogen (secondary N) is 1. The van der Waals surface area contributed by atoms with Crippen LogP contribution in [0.5, 0.6) is 0 Å². The lowest BCUT2D eigenvalue weighted by Gasteiger charge is -2.39. The van der Waals surface area contributed by atoms with Crippen molar-refractivity contribution >= 4 is 5.91 Å². The number of hydrogen-bond donors (Lipinski definition) is 1. The number of morpholine rings is 1. The lowest BCUT2D eigenvalue weighted by Crippen LogP contribution is -2.52. The Morgan fingerprint density at radius 1 is 1.32 bits per heavy atom. The van der Waals surface area contributed by atoms with Gasteiger partial charge in [0.05, 0.1) is 18.4 Å². The van der Waals surface area contributed by atoms with Crippen LogP contribution in [0.25, 0.3) is 5.82 Å². The molecule has 3 heterocycles. The van der Waals surface area contributed by atoms with Crippen LogP contribution < -0.4 is 5.32 Å². The zero-order valence-corrected chi connectivity index (χ0v) is 15.3. The first-order chi connectivity index (χ1) is 12.0. The Kier molecular flexibility index (Phi) is 5.24. The van der Waals surface area contributed by atoms with Crippen molar-refractivity contribution < 1.29 is 9.53 Å². The third-order valence-corrected chi connectivity index (χ3v) is 4.63. The van der Waals surface area contributed by atoms with E-state index in [1.165, 1.54) is 0 Å². The van der Waals surface area contributed by atoms with E-state index in [1.54, 1.807) is 10.9 Å². The molecule has 1 N–H and O–H groups in total. The van der Waals surface area contributed by atoms with Gasteiger partial charge in [-0.1, -0.05) is 0 Å². The van der Waals surface area contributed by atoms with Crippen molar-refractivity contribution in [2.24, 2.45) is 7.05 Å². The van der Waals surface area contributed by atoms with Gasteiger partial charge in [0, 0.05) is 45.1 Å². The minimum absolute atomic E-state index is 0.0991. The summed E-state index contributed by atoms with van der Waals surface area (Å²) in [5, 5.41) is 7.29. The lowest BCUT2D eigenvalue weighted by atomic mass is 10.1. The van der Waals surface area contributed by atoms with Crippen molar-refractivity contribution in [2.75, 3.05) is 19.6 Å². The highest BCUT2D eigenvalue weighted by Crippen LogP contribution is 2.15. The molecule has 1 fully saturated rings. The van der Waals surface area contributed by atoms with E-state index in [0.717, 1.165) is 18.9 Å². The molecule has 0 aromatic carbocycles. The van der Waals surface area contributed by atoms with E-state index in [2.05, 4.69) is 36.1 Å². The average Bonchev–Trinajstić information content (AvgIpc) is 3.20. The minimum atomic E-state index is -0.0991. The average molecular weight is 345 g/mol. The van der Waals surface area contributed by atoms with E-state index in [4.69, 9.17) is 4.74 Å². The molecule has 1 saturated heterocycles. The van der Waals surface area contributed by atoms with Crippen molar-refractivity contribution in [1.82, 2.24) is 24.6 Å². The van der Waals surface area contributed by atoms with Gasteiger partial charge in [-0.25, -0.2) is 0 Å². The lowest BCUT2D eigenvalue weighted by molar-refractivity contribution is -0.0778. The first-order valence-electron chi connectivity index (χ1n) is 8.78. The molecule has 0 saturated carbocycles. The fourth-order valence-electron chi connectivity index (χ4n) is 3.42. The zero-order valence-electron chi connectivity index (χ0n) is 15.3. The number of carbonyl (C=O) groups excluding carboxylic acids is 1. The van der Waals surface area contributed by atoms with E-state index < -0.39 is 0 Å². The van der Waals surface area contributed by atoms with Gasteiger partial charge in [0.25, 0.3) is 5.91 Å². The van der Waals surface area contributed by atoms with Crippen molar-refractivity contribution in [3.05, 3.63) is 36.3 Å².